The summed E-state index contributed by atoms with van der Waals surface area (Å²) in [4.78, 5) is 11.5. The lowest BCUT2D eigenvalue weighted by atomic mass is 9.44. The maximum absolute atomic E-state index is 11.5. The standard InChI is InChI=1S/C29H36O2/c1-20(30)31-24-15-17-29(3)23(19-24)11-13-25-26-14-12-22(28(26,2)18-16-27(25)29)10-9-21-7-5-4-6-8-21/h4-8,12,23-27H,11,13-19H2,1-3H3/t23-,24+,25+,26-,27+,28+,29+/m1/s1. The Hall–Kier alpha value is -2.01. The summed E-state index contributed by atoms with van der Waals surface area (Å²) in [5, 5.41) is 0. The summed E-state index contributed by atoms with van der Waals surface area (Å²) in [5.41, 5.74) is 3.17. The molecule has 1 aromatic rings. The van der Waals surface area contributed by atoms with Crippen molar-refractivity contribution in [3.05, 3.63) is 47.5 Å². The molecule has 1 aromatic carbocycles. The molecule has 0 saturated heterocycles. The summed E-state index contributed by atoms with van der Waals surface area (Å²) < 4.78 is 5.62. The lowest BCUT2D eigenvalue weighted by Crippen LogP contribution is -2.53. The average molecular weight is 417 g/mol. The van der Waals surface area contributed by atoms with Gasteiger partial charge < -0.3 is 4.74 Å². The minimum atomic E-state index is -0.114. The molecule has 7 atom stereocenters. The van der Waals surface area contributed by atoms with E-state index in [1.165, 1.54) is 44.1 Å². The van der Waals surface area contributed by atoms with Crippen molar-refractivity contribution >= 4 is 5.97 Å². The molecule has 5 rings (SSSR count). The van der Waals surface area contributed by atoms with Crippen molar-refractivity contribution in [1.82, 2.24) is 0 Å². The van der Waals surface area contributed by atoms with E-state index >= 15 is 0 Å². The number of benzene rings is 1. The van der Waals surface area contributed by atoms with Gasteiger partial charge in [0.1, 0.15) is 6.10 Å². The molecule has 2 nitrogen and oxygen atoms in total. The van der Waals surface area contributed by atoms with Crippen LogP contribution in [0.3, 0.4) is 0 Å². The van der Waals surface area contributed by atoms with Gasteiger partial charge >= 0.3 is 5.97 Å². The molecule has 0 bridgehead atoms. The number of allylic oxidation sites excluding steroid dienone is 2. The molecule has 0 aromatic heterocycles. The molecule has 4 aliphatic carbocycles. The number of carbonyl (C=O) groups excluding carboxylic acids is 1. The van der Waals surface area contributed by atoms with E-state index < -0.39 is 0 Å². The van der Waals surface area contributed by atoms with E-state index in [1.807, 2.05) is 0 Å². The van der Waals surface area contributed by atoms with Gasteiger partial charge in [-0.1, -0.05) is 50.0 Å². The molecule has 0 spiro atoms. The quantitative estimate of drug-likeness (QED) is 0.383. The van der Waals surface area contributed by atoms with Crippen molar-refractivity contribution in [3.8, 4) is 11.8 Å². The first-order valence-corrected chi connectivity index (χ1v) is 12.3. The summed E-state index contributed by atoms with van der Waals surface area (Å²) >= 11 is 0. The molecule has 0 radical (unpaired) electrons. The SMILES string of the molecule is CC(=O)O[C@H]1CC[C@@]2(C)[C@H](CC[C@H]3[C@H]4CC=C(C#Cc5ccccc5)[C@]4(C)CC[C@@H]32)C1. The maximum atomic E-state index is 11.5. The van der Waals surface area contributed by atoms with Crippen molar-refractivity contribution in [2.24, 2.45) is 34.5 Å². The topological polar surface area (TPSA) is 26.3 Å². The van der Waals surface area contributed by atoms with Gasteiger partial charge in [0.25, 0.3) is 0 Å². The second-order valence-corrected chi connectivity index (χ2v) is 11.1. The van der Waals surface area contributed by atoms with E-state index in [0.717, 1.165) is 36.2 Å². The normalized spacial score (nSPS) is 41.0. The van der Waals surface area contributed by atoms with Crippen LogP contribution in [0.25, 0.3) is 0 Å². The number of rotatable bonds is 1. The number of hydrogen-bond acceptors (Lipinski definition) is 2. The summed E-state index contributed by atoms with van der Waals surface area (Å²) in [7, 11) is 0. The van der Waals surface area contributed by atoms with Crippen molar-refractivity contribution in [3.63, 3.8) is 0 Å². The molecule has 3 saturated carbocycles. The molecule has 3 fully saturated rings. The fraction of sp³-hybridized carbons (Fsp3) is 0.621. The Kier molecular flexibility index (Phi) is 5.28. The van der Waals surface area contributed by atoms with E-state index in [1.54, 1.807) is 6.92 Å². The monoisotopic (exact) mass is 416 g/mol. The summed E-state index contributed by atoms with van der Waals surface area (Å²) in [6.45, 7) is 6.62. The third-order valence-corrected chi connectivity index (χ3v) is 9.65. The highest BCUT2D eigenvalue weighted by molar-refractivity contribution is 5.66. The fourth-order valence-corrected chi connectivity index (χ4v) is 7.98. The zero-order valence-corrected chi connectivity index (χ0v) is 19.3. The summed E-state index contributed by atoms with van der Waals surface area (Å²) in [5.74, 6) is 9.99. The van der Waals surface area contributed by atoms with Gasteiger partial charge in [0.15, 0.2) is 0 Å². The van der Waals surface area contributed by atoms with Gasteiger partial charge in [-0.25, -0.2) is 0 Å². The Bertz CT molecular complexity index is 934. The van der Waals surface area contributed by atoms with Crippen LogP contribution in [-0.4, -0.2) is 12.1 Å². The Morgan fingerprint density at radius 3 is 2.58 bits per heavy atom. The first-order chi connectivity index (χ1) is 14.9. The van der Waals surface area contributed by atoms with Crippen LogP contribution in [0.5, 0.6) is 0 Å². The van der Waals surface area contributed by atoms with Crippen LogP contribution in [0.1, 0.15) is 77.7 Å². The second kappa shape index (κ2) is 7.84. The molecular weight excluding hydrogens is 380 g/mol. The van der Waals surface area contributed by atoms with Crippen LogP contribution in [0.4, 0.5) is 0 Å². The van der Waals surface area contributed by atoms with Crippen molar-refractivity contribution in [2.45, 2.75) is 78.2 Å². The van der Waals surface area contributed by atoms with Crippen LogP contribution in [0, 0.1) is 46.3 Å². The minimum absolute atomic E-state index is 0.114. The summed E-state index contributed by atoms with van der Waals surface area (Å²) in [6.07, 6.45) is 12.4. The third kappa shape index (κ3) is 3.55. The Labute approximate surface area is 187 Å². The lowest BCUT2D eigenvalue weighted by Gasteiger charge is -2.60. The Morgan fingerprint density at radius 2 is 1.81 bits per heavy atom. The van der Waals surface area contributed by atoms with E-state index in [4.69, 9.17) is 4.74 Å². The fourth-order valence-electron chi connectivity index (χ4n) is 7.98. The van der Waals surface area contributed by atoms with Gasteiger partial charge in [0, 0.05) is 23.5 Å². The second-order valence-electron chi connectivity index (χ2n) is 11.1. The molecule has 0 unspecified atom stereocenters. The largest absolute Gasteiger partial charge is 0.463 e. The van der Waals surface area contributed by atoms with Gasteiger partial charge in [0.05, 0.1) is 0 Å². The molecule has 0 amide bonds. The zero-order valence-electron chi connectivity index (χ0n) is 19.3. The predicted molar refractivity (Wildman–Crippen MR) is 124 cm³/mol. The highest BCUT2D eigenvalue weighted by atomic mass is 16.5. The minimum Gasteiger partial charge on any atom is -0.463 e. The van der Waals surface area contributed by atoms with Gasteiger partial charge in [-0.2, -0.15) is 0 Å². The van der Waals surface area contributed by atoms with Crippen LogP contribution in [0.2, 0.25) is 0 Å². The van der Waals surface area contributed by atoms with Gasteiger partial charge in [-0.05, 0) is 92.6 Å². The van der Waals surface area contributed by atoms with E-state index in [9.17, 15) is 4.79 Å². The Morgan fingerprint density at radius 1 is 1.00 bits per heavy atom. The van der Waals surface area contributed by atoms with Crippen LogP contribution < -0.4 is 0 Å². The number of ether oxygens (including phenoxy) is 1. The molecular formula is C29H36O2. The average Bonchev–Trinajstić information content (AvgIpc) is 3.09. The van der Waals surface area contributed by atoms with Gasteiger partial charge in [0.2, 0.25) is 0 Å². The van der Waals surface area contributed by atoms with Crippen molar-refractivity contribution in [1.29, 1.82) is 0 Å². The lowest BCUT2D eigenvalue weighted by molar-refractivity contribution is -0.158. The molecule has 4 aliphatic rings. The first kappa shape index (κ1) is 20.9. The molecule has 0 N–H and O–H groups in total. The molecule has 2 heteroatoms. The number of fused-ring (bicyclic) bond motifs is 5. The van der Waals surface area contributed by atoms with Crippen LogP contribution in [-0.2, 0) is 9.53 Å². The molecule has 164 valence electrons. The number of hydrogen-bond donors (Lipinski definition) is 0. The zero-order chi connectivity index (χ0) is 21.6. The third-order valence-electron chi connectivity index (χ3n) is 9.65. The van der Waals surface area contributed by atoms with E-state index in [2.05, 4.69) is 62.1 Å². The number of esters is 1. The maximum Gasteiger partial charge on any atom is 0.302 e. The van der Waals surface area contributed by atoms with Gasteiger partial charge in [-0.3, -0.25) is 4.79 Å². The summed E-state index contributed by atoms with van der Waals surface area (Å²) in [6, 6.07) is 10.4. The highest BCUT2D eigenvalue weighted by Crippen LogP contribution is 2.66. The van der Waals surface area contributed by atoms with Crippen molar-refractivity contribution in [2.75, 3.05) is 0 Å². The first-order valence-electron chi connectivity index (χ1n) is 12.3. The molecule has 31 heavy (non-hydrogen) atoms. The highest BCUT2D eigenvalue weighted by Gasteiger charge is 2.58. The van der Waals surface area contributed by atoms with E-state index in [0.29, 0.717) is 11.3 Å². The Balaban J connectivity index is 1.33. The van der Waals surface area contributed by atoms with Crippen LogP contribution in [0.15, 0.2) is 42.0 Å². The molecule has 0 aliphatic heterocycles. The smallest absolute Gasteiger partial charge is 0.302 e. The van der Waals surface area contributed by atoms with E-state index in [-0.39, 0.29) is 17.5 Å². The van der Waals surface area contributed by atoms with Crippen LogP contribution >= 0.6 is 0 Å². The molecule has 0 heterocycles. The van der Waals surface area contributed by atoms with Crippen molar-refractivity contribution < 1.29 is 9.53 Å². The van der Waals surface area contributed by atoms with Gasteiger partial charge in [-0.15, -0.1) is 0 Å². The predicted octanol–water partition coefficient (Wildman–Crippen LogP) is 6.55. The number of carbonyl (C=O) groups is 1.